The highest BCUT2D eigenvalue weighted by atomic mass is 32.2. The summed E-state index contributed by atoms with van der Waals surface area (Å²) in [6, 6.07) is 8.49. The van der Waals surface area contributed by atoms with Gasteiger partial charge >= 0.3 is 0 Å². The van der Waals surface area contributed by atoms with Crippen molar-refractivity contribution in [1.82, 2.24) is 9.21 Å². The zero-order valence-electron chi connectivity index (χ0n) is 17.3. The van der Waals surface area contributed by atoms with E-state index in [4.69, 9.17) is 5.73 Å². The zero-order valence-corrected chi connectivity index (χ0v) is 18.1. The molecule has 1 aromatic rings. The lowest BCUT2D eigenvalue weighted by atomic mass is 9.67. The maximum atomic E-state index is 13.5. The number of hydrogen-bond donors (Lipinski definition) is 1. The molecular formula is C22H31N3O4S. The van der Waals surface area contributed by atoms with Gasteiger partial charge in [-0.25, -0.2) is 8.42 Å². The van der Waals surface area contributed by atoms with Crippen LogP contribution in [-0.2, 0) is 19.6 Å². The molecule has 2 heterocycles. The average molecular weight is 434 g/mol. The molecule has 1 atom stereocenters. The van der Waals surface area contributed by atoms with Crippen LogP contribution in [0, 0.1) is 17.3 Å². The average Bonchev–Trinajstić information content (AvgIpc) is 3.13. The van der Waals surface area contributed by atoms with Gasteiger partial charge in [-0.05, 0) is 43.2 Å². The molecule has 8 heteroatoms. The molecule has 1 spiro atoms. The molecule has 0 bridgehead atoms. The first-order chi connectivity index (χ1) is 14.3. The Morgan fingerprint density at radius 1 is 1.00 bits per heavy atom. The Morgan fingerprint density at radius 2 is 1.63 bits per heavy atom. The summed E-state index contributed by atoms with van der Waals surface area (Å²) in [6.45, 7) is 1.69. The molecule has 4 rings (SSSR count). The fourth-order valence-corrected chi connectivity index (χ4v) is 7.13. The number of rotatable bonds is 4. The SMILES string of the molecule is NC(=O)C1CCN(C(=O)C2CN(S(=O)(=O)c3ccccc3)CC23CCCCC3)CC1. The van der Waals surface area contributed by atoms with Gasteiger partial charge in [-0.2, -0.15) is 4.31 Å². The fourth-order valence-electron chi connectivity index (χ4n) is 5.56. The van der Waals surface area contributed by atoms with Crippen LogP contribution in [0.25, 0.3) is 0 Å². The van der Waals surface area contributed by atoms with Gasteiger partial charge in [0, 0.05) is 32.1 Å². The molecule has 1 saturated carbocycles. The fraction of sp³-hybridized carbons (Fsp3) is 0.636. The van der Waals surface area contributed by atoms with E-state index < -0.39 is 10.0 Å². The molecule has 0 radical (unpaired) electrons. The second kappa shape index (κ2) is 8.30. The minimum Gasteiger partial charge on any atom is -0.369 e. The van der Waals surface area contributed by atoms with Gasteiger partial charge in [-0.15, -0.1) is 0 Å². The van der Waals surface area contributed by atoms with Gasteiger partial charge < -0.3 is 10.6 Å². The van der Waals surface area contributed by atoms with Gasteiger partial charge in [-0.1, -0.05) is 37.5 Å². The first kappa shape index (κ1) is 21.3. The Morgan fingerprint density at radius 3 is 2.23 bits per heavy atom. The Balaban J connectivity index is 1.57. The van der Waals surface area contributed by atoms with E-state index in [9.17, 15) is 18.0 Å². The summed E-state index contributed by atoms with van der Waals surface area (Å²) >= 11 is 0. The molecule has 7 nitrogen and oxygen atoms in total. The van der Waals surface area contributed by atoms with Gasteiger partial charge in [0.15, 0.2) is 0 Å². The van der Waals surface area contributed by atoms with E-state index in [0.29, 0.717) is 32.5 Å². The van der Waals surface area contributed by atoms with Crippen LogP contribution in [0.15, 0.2) is 35.2 Å². The van der Waals surface area contributed by atoms with Crippen molar-refractivity contribution in [3.8, 4) is 0 Å². The van der Waals surface area contributed by atoms with E-state index in [-0.39, 0.29) is 40.5 Å². The van der Waals surface area contributed by atoms with Crippen molar-refractivity contribution < 1.29 is 18.0 Å². The molecule has 2 aliphatic heterocycles. The maximum Gasteiger partial charge on any atom is 0.243 e. The molecular weight excluding hydrogens is 402 g/mol. The first-order valence-electron chi connectivity index (χ1n) is 11.0. The van der Waals surface area contributed by atoms with Crippen molar-refractivity contribution in [2.75, 3.05) is 26.2 Å². The standard InChI is InChI=1S/C22H31N3O4S/c23-20(26)17-9-13-24(14-10-17)21(27)19-15-25(16-22(19)11-5-2-6-12-22)30(28,29)18-7-3-1-4-8-18/h1,3-4,7-8,17,19H,2,5-6,9-16H2,(H2,23,26). The number of sulfonamides is 1. The number of likely N-dealkylation sites (tertiary alicyclic amines) is 1. The number of carbonyl (C=O) groups excluding carboxylic acids is 2. The van der Waals surface area contributed by atoms with Crippen LogP contribution in [0.5, 0.6) is 0 Å². The van der Waals surface area contributed by atoms with E-state index in [2.05, 4.69) is 0 Å². The zero-order chi connectivity index (χ0) is 21.4. The van der Waals surface area contributed by atoms with E-state index in [1.165, 1.54) is 4.31 Å². The number of nitrogens with two attached hydrogens (primary N) is 1. The third-order valence-corrected chi connectivity index (χ3v) is 9.18. The molecule has 3 aliphatic rings. The van der Waals surface area contributed by atoms with Crippen molar-refractivity contribution in [3.05, 3.63) is 30.3 Å². The number of piperidine rings is 1. The Kier molecular flexibility index (Phi) is 5.90. The molecule has 2 amide bonds. The van der Waals surface area contributed by atoms with Gasteiger partial charge in [0.25, 0.3) is 0 Å². The largest absolute Gasteiger partial charge is 0.369 e. The van der Waals surface area contributed by atoms with Gasteiger partial charge in [0.1, 0.15) is 0 Å². The van der Waals surface area contributed by atoms with Gasteiger partial charge in [-0.3, -0.25) is 9.59 Å². The van der Waals surface area contributed by atoms with Crippen molar-refractivity contribution in [1.29, 1.82) is 0 Å². The predicted octanol–water partition coefficient (Wildman–Crippen LogP) is 1.98. The second-order valence-electron chi connectivity index (χ2n) is 9.09. The van der Waals surface area contributed by atoms with Crippen molar-refractivity contribution in [2.45, 2.75) is 49.8 Å². The van der Waals surface area contributed by atoms with Crippen LogP contribution in [0.3, 0.4) is 0 Å². The minimum absolute atomic E-state index is 0.0468. The summed E-state index contributed by atoms with van der Waals surface area (Å²) in [5, 5.41) is 0. The monoisotopic (exact) mass is 433 g/mol. The Bertz CT molecular complexity index is 888. The molecule has 164 valence electrons. The molecule has 1 aliphatic carbocycles. The summed E-state index contributed by atoms with van der Waals surface area (Å²) in [5.74, 6) is -0.741. The lowest BCUT2D eigenvalue weighted by Gasteiger charge is -2.40. The first-order valence-corrected chi connectivity index (χ1v) is 12.4. The lowest BCUT2D eigenvalue weighted by Crippen LogP contribution is -2.48. The van der Waals surface area contributed by atoms with Gasteiger partial charge in [0.2, 0.25) is 21.8 Å². The van der Waals surface area contributed by atoms with E-state index in [1.807, 2.05) is 4.90 Å². The smallest absolute Gasteiger partial charge is 0.243 e. The van der Waals surface area contributed by atoms with Crippen LogP contribution < -0.4 is 5.73 Å². The van der Waals surface area contributed by atoms with Crippen LogP contribution in [0.2, 0.25) is 0 Å². The third-order valence-electron chi connectivity index (χ3n) is 7.35. The molecule has 30 heavy (non-hydrogen) atoms. The number of nitrogens with zero attached hydrogens (tertiary/aromatic N) is 2. The van der Waals surface area contributed by atoms with Crippen LogP contribution in [0.4, 0.5) is 0 Å². The summed E-state index contributed by atoms with van der Waals surface area (Å²) < 4.78 is 28.1. The molecule has 2 saturated heterocycles. The predicted molar refractivity (Wildman–Crippen MR) is 113 cm³/mol. The summed E-state index contributed by atoms with van der Waals surface area (Å²) in [6.07, 6.45) is 6.17. The highest BCUT2D eigenvalue weighted by Gasteiger charge is 2.54. The number of benzene rings is 1. The number of amides is 2. The molecule has 1 aromatic carbocycles. The summed E-state index contributed by atoms with van der Waals surface area (Å²) in [7, 11) is -3.63. The maximum absolute atomic E-state index is 13.5. The van der Waals surface area contributed by atoms with E-state index in [1.54, 1.807) is 30.3 Å². The number of primary amides is 1. The normalized spacial score (nSPS) is 25.5. The Hall–Kier alpha value is -1.93. The Labute approximate surface area is 178 Å². The minimum atomic E-state index is -3.63. The molecule has 3 fully saturated rings. The molecule has 1 unspecified atom stereocenters. The van der Waals surface area contributed by atoms with Crippen LogP contribution in [-0.4, -0.2) is 55.6 Å². The third kappa shape index (κ3) is 3.87. The lowest BCUT2D eigenvalue weighted by molar-refractivity contribution is -0.142. The number of carbonyl (C=O) groups is 2. The van der Waals surface area contributed by atoms with Crippen molar-refractivity contribution in [3.63, 3.8) is 0 Å². The molecule has 0 aromatic heterocycles. The van der Waals surface area contributed by atoms with Crippen LogP contribution in [0.1, 0.15) is 44.9 Å². The van der Waals surface area contributed by atoms with Crippen LogP contribution >= 0.6 is 0 Å². The van der Waals surface area contributed by atoms with Crippen molar-refractivity contribution >= 4 is 21.8 Å². The van der Waals surface area contributed by atoms with E-state index in [0.717, 1.165) is 32.1 Å². The van der Waals surface area contributed by atoms with E-state index >= 15 is 0 Å². The number of hydrogen-bond acceptors (Lipinski definition) is 4. The van der Waals surface area contributed by atoms with Crippen molar-refractivity contribution in [2.24, 2.45) is 23.0 Å². The molecule has 2 N–H and O–H groups in total. The highest BCUT2D eigenvalue weighted by Crippen LogP contribution is 2.49. The second-order valence-corrected chi connectivity index (χ2v) is 11.0. The quantitative estimate of drug-likeness (QED) is 0.784. The van der Waals surface area contributed by atoms with Gasteiger partial charge in [0.05, 0.1) is 10.8 Å². The summed E-state index contributed by atoms with van der Waals surface area (Å²) in [4.78, 5) is 27.1. The topological polar surface area (TPSA) is 101 Å². The summed E-state index contributed by atoms with van der Waals surface area (Å²) in [5.41, 5.74) is 5.15. The highest BCUT2D eigenvalue weighted by molar-refractivity contribution is 7.89.